The Kier molecular flexibility index (Phi) is 1.12. The summed E-state index contributed by atoms with van der Waals surface area (Å²) in [5.74, 6) is 0.951. The lowest BCUT2D eigenvalue weighted by molar-refractivity contribution is 0.538. The van der Waals surface area contributed by atoms with E-state index < -0.39 is 0 Å². The zero-order valence-corrected chi connectivity index (χ0v) is 5.64. The molecule has 2 saturated carbocycles. The Morgan fingerprint density at radius 1 is 1.33 bits per heavy atom. The van der Waals surface area contributed by atoms with Gasteiger partial charge in [-0.25, -0.2) is 0 Å². The summed E-state index contributed by atoms with van der Waals surface area (Å²) in [6.07, 6.45) is 7.65. The first-order valence-corrected chi connectivity index (χ1v) is 3.80. The molecule has 2 rings (SSSR count). The highest BCUT2D eigenvalue weighted by Gasteiger charge is 2.24. The van der Waals surface area contributed by atoms with E-state index in [0.717, 1.165) is 5.92 Å². The van der Waals surface area contributed by atoms with Crippen LogP contribution < -0.4 is 5.73 Å². The molecule has 2 aliphatic rings. The Bertz CT molecular complexity index is 137. The van der Waals surface area contributed by atoms with Crippen LogP contribution in [0.2, 0.25) is 0 Å². The maximum atomic E-state index is 5.62. The lowest BCUT2D eigenvalue weighted by Crippen LogP contribution is -2.30. The predicted molar refractivity (Wildman–Crippen MR) is 38.0 cm³/mol. The third-order valence-electron chi connectivity index (χ3n) is 2.14. The van der Waals surface area contributed by atoms with E-state index in [2.05, 4.69) is 6.08 Å². The van der Waals surface area contributed by atoms with Crippen LogP contribution in [-0.2, 0) is 0 Å². The molecule has 2 N–H and O–H groups in total. The van der Waals surface area contributed by atoms with Crippen LogP contribution in [0.1, 0.15) is 25.7 Å². The van der Waals surface area contributed by atoms with Crippen LogP contribution in [0.15, 0.2) is 11.6 Å². The smallest absolute Gasteiger partial charge is 0.0113 e. The van der Waals surface area contributed by atoms with Crippen molar-refractivity contribution in [3.05, 3.63) is 11.6 Å². The second-order valence-electron chi connectivity index (χ2n) is 3.33. The summed E-state index contributed by atoms with van der Waals surface area (Å²) in [4.78, 5) is 0. The third kappa shape index (κ3) is 1.16. The van der Waals surface area contributed by atoms with Crippen molar-refractivity contribution in [3.63, 3.8) is 0 Å². The maximum Gasteiger partial charge on any atom is 0.0113 e. The molecule has 50 valence electrons. The molecule has 0 spiro atoms. The highest BCUT2D eigenvalue weighted by Crippen LogP contribution is 2.35. The van der Waals surface area contributed by atoms with Gasteiger partial charge in [0, 0.05) is 6.04 Å². The van der Waals surface area contributed by atoms with Crippen LogP contribution in [-0.4, -0.2) is 6.04 Å². The largest absolute Gasteiger partial charge is 0.327 e. The molecule has 0 heterocycles. The van der Waals surface area contributed by atoms with Gasteiger partial charge in [0.1, 0.15) is 0 Å². The average molecular weight is 123 g/mol. The van der Waals surface area contributed by atoms with Gasteiger partial charge in [-0.1, -0.05) is 11.6 Å². The highest BCUT2D eigenvalue weighted by atomic mass is 14.7. The summed E-state index contributed by atoms with van der Waals surface area (Å²) < 4.78 is 0. The fraction of sp³-hybridized carbons (Fsp3) is 0.750. The van der Waals surface area contributed by atoms with Gasteiger partial charge in [-0.2, -0.15) is 0 Å². The summed E-state index contributed by atoms with van der Waals surface area (Å²) >= 11 is 0. The van der Waals surface area contributed by atoms with Gasteiger partial charge < -0.3 is 5.73 Å². The van der Waals surface area contributed by atoms with Crippen molar-refractivity contribution in [2.75, 3.05) is 0 Å². The summed E-state index contributed by atoms with van der Waals surface area (Å²) in [6.45, 7) is 0. The monoisotopic (exact) mass is 123 g/mol. The molecule has 0 amide bonds. The van der Waals surface area contributed by atoms with Crippen molar-refractivity contribution in [2.45, 2.75) is 31.7 Å². The highest BCUT2D eigenvalue weighted by molar-refractivity contribution is 5.18. The minimum absolute atomic E-state index is 0.495. The van der Waals surface area contributed by atoms with E-state index >= 15 is 0 Å². The second-order valence-corrected chi connectivity index (χ2v) is 3.33. The topological polar surface area (TPSA) is 26.0 Å². The first-order valence-electron chi connectivity index (χ1n) is 3.80. The van der Waals surface area contributed by atoms with Crippen LogP contribution in [0.5, 0.6) is 0 Å². The number of hydrogen-bond acceptors (Lipinski definition) is 1. The first kappa shape index (κ1) is 5.48. The number of allylic oxidation sites excluding steroid dienone is 1. The quantitative estimate of drug-likeness (QED) is 0.525. The molecule has 0 aliphatic heterocycles. The molecular formula is C8H13N. The molecule has 9 heavy (non-hydrogen) atoms. The fourth-order valence-corrected chi connectivity index (χ4v) is 1.35. The Hall–Kier alpha value is -0.300. The lowest BCUT2D eigenvalue weighted by Gasteiger charge is -2.25. The van der Waals surface area contributed by atoms with Crippen molar-refractivity contribution in [3.8, 4) is 0 Å². The van der Waals surface area contributed by atoms with Gasteiger partial charge in [0.2, 0.25) is 0 Å². The molecule has 0 bridgehead atoms. The summed E-state index contributed by atoms with van der Waals surface area (Å²) in [7, 11) is 0. The Morgan fingerprint density at radius 2 is 2.00 bits per heavy atom. The van der Waals surface area contributed by atoms with Crippen LogP contribution in [0.3, 0.4) is 0 Å². The number of rotatable bonds is 1. The normalized spacial score (nSPS) is 33.9. The molecule has 0 aromatic heterocycles. The van der Waals surface area contributed by atoms with Gasteiger partial charge in [0.25, 0.3) is 0 Å². The van der Waals surface area contributed by atoms with E-state index in [1.54, 1.807) is 5.57 Å². The molecule has 2 fully saturated rings. The third-order valence-corrected chi connectivity index (χ3v) is 2.14. The van der Waals surface area contributed by atoms with Crippen LogP contribution in [0.4, 0.5) is 0 Å². The SMILES string of the molecule is NC1CC(=CC2CC2)C1. The van der Waals surface area contributed by atoms with Gasteiger partial charge in [-0.3, -0.25) is 0 Å². The van der Waals surface area contributed by atoms with Gasteiger partial charge in [0.15, 0.2) is 0 Å². The van der Waals surface area contributed by atoms with Gasteiger partial charge in [0.05, 0.1) is 0 Å². The van der Waals surface area contributed by atoms with Gasteiger partial charge >= 0.3 is 0 Å². The molecule has 0 saturated heterocycles. The number of hydrogen-bond donors (Lipinski definition) is 1. The van der Waals surface area contributed by atoms with E-state index in [1.807, 2.05) is 0 Å². The van der Waals surface area contributed by atoms with Crippen molar-refractivity contribution < 1.29 is 0 Å². The number of nitrogens with two attached hydrogens (primary N) is 1. The van der Waals surface area contributed by atoms with Crippen LogP contribution >= 0.6 is 0 Å². The maximum absolute atomic E-state index is 5.62. The van der Waals surface area contributed by atoms with E-state index in [9.17, 15) is 0 Å². The molecule has 0 aromatic rings. The van der Waals surface area contributed by atoms with Crippen molar-refractivity contribution in [1.29, 1.82) is 0 Å². The van der Waals surface area contributed by atoms with E-state index in [-0.39, 0.29) is 0 Å². The molecule has 1 heteroatoms. The molecule has 0 atom stereocenters. The zero-order chi connectivity index (χ0) is 6.27. The van der Waals surface area contributed by atoms with Gasteiger partial charge in [-0.15, -0.1) is 0 Å². The molecule has 0 unspecified atom stereocenters. The fourth-order valence-electron chi connectivity index (χ4n) is 1.35. The van der Waals surface area contributed by atoms with Gasteiger partial charge in [-0.05, 0) is 31.6 Å². The predicted octanol–water partition coefficient (Wildman–Crippen LogP) is 1.44. The summed E-state index contributed by atoms with van der Waals surface area (Å²) in [5, 5.41) is 0. The Morgan fingerprint density at radius 3 is 2.44 bits per heavy atom. The standard InChI is InChI=1S/C8H13N/c9-8-4-7(5-8)3-6-1-2-6/h3,6,8H,1-2,4-5,9H2. The average Bonchev–Trinajstić information content (AvgIpc) is 2.45. The minimum atomic E-state index is 0.495. The van der Waals surface area contributed by atoms with Crippen LogP contribution in [0.25, 0.3) is 0 Å². The lowest BCUT2D eigenvalue weighted by atomic mass is 9.86. The Labute approximate surface area is 55.9 Å². The zero-order valence-electron chi connectivity index (χ0n) is 5.64. The summed E-state index contributed by atoms with van der Waals surface area (Å²) in [6, 6.07) is 0.495. The van der Waals surface area contributed by atoms with E-state index in [0.29, 0.717) is 6.04 Å². The Balaban J connectivity index is 1.85. The molecule has 1 nitrogen and oxygen atoms in total. The van der Waals surface area contributed by atoms with Crippen molar-refractivity contribution >= 4 is 0 Å². The first-order chi connectivity index (χ1) is 4.34. The molecule has 0 radical (unpaired) electrons. The second kappa shape index (κ2) is 1.84. The molecular weight excluding hydrogens is 110 g/mol. The molecule has 0 aromatic carbocycles. The van der Waals surface area contributed by atoms with Crippen LogP contribution in [0, 0.1) is 5.92 Å². The van der Waals surface area contributed by atoms with Crippen molar-refractivity contribution in [1.82, 2.24) is 0 Å². The minimum Gasteiger partial charge on any atom is -0.327 e. The summed E-state index contributed by atoms with van der Waals surface area (Å²) in [5.41, 5.74) is 7.24. The van der Waals surface area contributed by atoms with Crippen molar-refractivity contribution in [2.24, 2.45) is 11.7 Å². The molecule has 2 aliphatic carbocycles. The van der Waals surface area contributed by atoms with E-state index in [1.165, 1.54) is 25.7 Å². The van der Waals surface area contributed by atoms with E-state index in [4.69, 9.17) is 5.73 Å².